The van der Waals surface area contributed by atoms with Gasteiger partial charge in [0, 0.05) is 33.9 Å². The molecule has 0 amide bonds. The topological polar surface area (TPSA) is 34.3 Å². The number of aryl methyl sites for hydroxylation is 2. The predicted octanol–water partition coefficient (Wildman–Crippen LogP) is 7.39. The first-order chi connectivity index (χ1) is 17.1. The number of nitrogens with one attached hydrogen (secondary N) is 1. The molecule has 4 nitrogen and oxygen atoms in total. The van der Waals surface area contributed by atoms with Crippen LogP contribution in [0.1, 0.15) is 24.1 Å². The summed E-state index contributed by atoms with van der Waals surface area (Å²) in [7, 11) is 0. The zero-order chi connectivity index (χ0) is 23.9. The van der Waals surface area contributed by atoms with Crippen molar-refractivity contribution < 1.29 is 4.39 Å². The number of hydrogen-bond acceptors (Lipinski definition) is 2. The lowest BCUT2D eigenvalue weighted by Gasteiger charge is -2.12. The Bertz CT molecular complexity index is 1540. The van der Waals surface area contributed by atoms with Crippen LogP contribution in [0.4, 0.5) is 10.1 Å². The molecule has 0 radical (unpaired) electrons. The van der Waals surface area contributed by atoms with Gasteiger partial charge in [-0.15, -0.1) is 5.10 Å². The van der Waals surface area contributed by atoms with Crippen LogP contribution >= 0.6 is 23.8 Å². The maximum Gasteiger partial charge on any atom is 0.162 e. The van der Waals surface area contributed by atoms with Crippen LogP contribution in [0.5, 0.6) is 0 Å². The lowest BCUT2D eigenvalue weighted by atomic mass is 9.98. The van der Waals surface area contributed by atoms with Crippen molar-refractivity contribution in [2.45, 2.75) is 25.8 Å². The van der Waals surface area contributed by atoms with E-state index in [1.807, 2.05) is 47.0 Å². The Labute approximate surface area is 213 Å². The lowest BCUT2D eigenvalue weighted by Crippen LogP contribution is -2.15. The highest BCUT2D eigenvalue weighted by Gasteiger charge is 2.29. The Balaban J connectivity index is 1.60. The summed E-state index contributed by atoms with van der Waals surface area (Å²) in [4.78, 5) is 0.535. The van der Waals surface area contributed by atoms with Crippen molar-refractivity contribution in [3.63, 3.8) is 0 Å². The molecular weight excluding hydrogens is 479 g/mol. The zero-order valence-electron chi connectivity index (χ0n) is 18.8. The summed E-state index contributed by atoms with van der Waals surface area (Å²) in [5.41, 5.74) is 7.05. The SMILES string of the molecule is Fc1ccc(NC(=S)c2c(-c3ccc(Cl)cc3)c3c4n(c(-c5ccccc5)nn24)CCCC3)cc1. The third kappa shape index (κ3) is 3.93. The van der Waals surface area contributed by atoms with Gasteiger partial charge in [0.1, 0.15) is 22.1 Å². The molecule has 0 spiro atoms. The first-order valence-corrected chi connectivity index (χ1v) is 12.4. The molecule has 1 aliphatic heterocycles. The van der Waals surface area contributed by atoms with Crippen molar-refractivity contribution in [3.05, 3.63) is 101 Å². The minimum Gasteiger partial charge on any atom is -0.345 e. The van der Waals surface area contributed by atoms with Crippen molar-refractivity contribution >= 4 is 40.1 Å². The molecule has 0 unspecified atom stereocenters. The van der Waals surface area contributed by atoms with Crippen molar-refractivity contribution in [2.75, 3.05) is 5.32 Å². The zero-order valence-corrected chi connectivity index (χ0v) is 20.4. The van der Waals surface area contributed by atoms with Gasteiger partial charge >= 0.3 is 0 Å². The summed E-state index contributed by atoms with van der Waals surface area (Å²) in [5.74, 6) is 0.640. The van der Waals surface area contributed by atoms with E-state index < -0.39 is 0 Å². The highest BCUT2D eigenvalue weighted by Crippen LogP contribution is 2.39. The van der Waals surface area contributed by atoms with Gasteiger partial charge in [-0.3, -0.25) is 0 Å². The van der Waals surface area contributed by atoms with Crippen LogP contribution < -0.4 is 5.32 Å². The monoisotopic (exact) mass is 500 g/mol. The summed E-state index contributed by atoms with van der Waals surface area (Å²) in [6.07, 6.45) is 3.09. The van der Waals surface area contributed by atoms with Crippen LogP contribution in [-0.4, -0.2) is 19.2 Å². The van der Waals surface area contributed by atoms with E-state index in [2.05, 4.69) is 22.0 Å². The molecule has 0 saturated heterocycles. The van der Waals surface area contributed by atoms with Gasteiger partial charge in [-0.25, -0.2) is 8.91 Å². The number of thiocarbonyl (C=S) groups is 1. The lowest BCUT2D eigenvalue weighted by molar-refractivity contribution is 0.628. The van der Waals surface area contributed by atoms with Gasteiger partial charge in [0.05, 0.1) is 0 Å². The van der Waals surface area contributed by atoms with Crippen LogP contribution in [0.3, 0.4) is 0 Å². The Morgan fingerprint density at radius 1 is 0.914 bits per heavy atom. The molecule has 3 aromatic carbocycles. The number of benzene rings is 3. The molecular formula is C28H22ClFN4S. The maximum absolute atomic E-state index is 13.5. The van der Waals surface area contributed by atoms with E-state index >= 15 is 0 Å². The first kappa shape index (κ1) is 22.0. The van der Waals surface area contributed by atoms with Gasteiger partial charge in [0.15, 0.2) is 5.82 Å². The summed E-state index contributed by atoms with van der Waals surface area (Å²) in [6.45, 7) is 0.891. The minimum atomic E-state index is -0.288. The van der Waals surface area contributed by atoms with Crippen LogP contribution in [0.25, 0.3) is 28.2 Å². The second-order valence-corrected chi connectivity index (χ2v) is 9.55. The second-order valence-electron chi connectivity index (χ2n) is 8.70. The van der Waals surface area contributed by atoms with E-state index in [-0.39, 0.29) is 5.82 Å². The molecule has 0 aliphatic carbocycles. The van der Waals surface area contributed by atoms with Gasteiger partial charge in [0.25, 0.3) is 0 Å². The molecule has 0 fully saturated rings. The number of nitrogens with zero attached hydrogens (tertiary/aromatic N) is 3. The molecule has 1 aliphatic rings. The van der Waals surface area contributed by atoms with E-state index in [4.69, 9.17) is 28.9 Å². The van der Waals surface area contributed by atoms with E-state index in [0.717, 1.165) is 65.4 Å². The Morgan fingerprint density at radius 2 is 1.66 bits per heavy atom. The van der Waals surface area contributed by atoms with Crippen LogP contribution in [-0.2, 0) is 13.0 Å². The fraction of sp³-hybridized carbons (Fsp3) is 0.143. The molecule has 174 valence electrons. The van der Waals surface area contributed by atoms with E-state index in [9.17, 15) is 4.39 Å². The third-order valence-corrected chi connectivity index (χ3v) is 7.01. The summed E-state index contributed by atoms with van der Waals surface area (Å²) in [5, 5.41) is 9.10. The molecule has 1 N–H and O–H groups in total. The fourth-order valence-corrected chi connectivity index (χ4v) is 5.33. The highest BCUT2D eigenvalue weighted by atomic mass is 35.5. The van der Waals surface area contributed by atoms with Crippen LogP contribution in [0.15, 0.2) is 78.9 Å². The quantitative estimate of drug-likeness (QED) is 0.261. The minimum absolute atomic E-state index is 0.288. The standard InChI is InChI=1S/C28H22ClFN4S/c29-20-11-9-18(10-12-20)24-23-8-4-5-17-33-26(19-6-2-1-3-7-19)32-34(28(23)33)25(24)27(35)31-22-15-13-21(30)14-16-22/h1-3,6-7,9-16H,4-5,8,17H2,(H,31,35). The summed E-state index contributed by atoms with van der Waals surface area (Å²) in [6, 6.07) is 24.3. The Kier molecular flexibility index (Phi) is 5.63. The second kappa shape index (κ2) is 8.95. The molecule has 5 aromatic rings. The fourth-order valence-electron chi connectivity index (χ4n) is 4.90. The summed E-state index contributed by atoms with van der Waals surface area (Å²) < 4.78 is 17.8. The molecule has 2 aromatic heterocycles. The molecule has 7 heteroatoms. The molecule has 6 rings (SSSR count). The van der Waals surface area contributed by atoms with Crippen molar-refractivity contribution in [2.24, 2.45) is 0 Å². The highest BCUT2D eigenvalue weighted by molar-refractivity contribution is 7.81. The molecule has 35 heavy (non-hydrogen) atoms. The Morgan fingerprint density at radius 3 is 2.40 bits per heavy atom. The van der Waals surface area contributed by atoms with Crippen molar-refractivity contribution in [1.29, 1.82) is 0 Å². The molecule has 0 bridgehead atoms. The average molecular weight is 501 g/mol. The van der Waals surface area contributed by atoms with Crippen molar-refractivity contribution in [3.8, 4) is 22.5 Å². The van der Waals surface area contributed by atoms with Crippen LogP contribution in [0, 0.1) is 5.82 Å². The average Bonchev–Trinajstić information content (AvgIpc) is 3.29. The third-order valence-electron chi connectivity index (χ3n) is 6.47. The Hall–Kier alpha value is -3.48. The van der Waals surface area contributed by atoms with E-state index in [1.165, 1.54) is 17.7 Å². The number of aromatic nitrogens is 3. The van der Waals surface area contributed by atoms with Gasteiger partial charge in [-0.1, -0.05) is 66.3 Å². The van der Waals surface area contributed by atoms with E-state index in [0.29, 0.717) is 10.0 Å². The molecule has 3 heterocycles. The van der Waals surface area contributed by atoms with Gasteiger partial charge < -0.3 is 9.88 Å². The normalized spacial score (nSPS) is 13.1. The summed E-state index contributed by atoms with van der Waals surface area (Å²) >= 11 is 12.2. The van der Waals surface area contributed by atoms with Gasteiger partial charge in [0.2, 0.25) is 0 Å². The number of hydrogen-bond donors (Lipinski definition) is 1. The predicted molar refractivity (Wildman–Crippen MR) is 144 cm³/mol. The number of anilines is 1. The number of halogens is 2. The van der Waals surface area contributed by atoms with Crippen LogP contribution in [0.2, 0.25) is 5.02 Å². The van der Waals surface area contributed by atoms with Gasteiger partial charge in [-0.2, -0.15) is 0 Å². The molecule has 0 atom stereocenters. The maximum atomic E-state index is 13.5. The first-order valence-electron chi connectivity index (χ1n) is 11.6. The van der Waals surface area contributed by atoms with Gasteiger partial charge in [-0.05, 0) is 61.2 Å². The van der Waals surface area contributed by atoms with E-state index in [1.54, 1.807) is 12.1 Å². The largest absolute Gasteiger partial charge is 0.345 e. The number of rotatable bonds is 4. The van der Waals surface area contributed by atoms with Crippen molar-refractivity contribution in [1.82, 2.24) is 14.2 Å². The molecule has 0 saturated carbocycles. The smallest absolute Gasteiger partial charge is 0.162 e.